The SMILES string of the molecule is CC/C=C\C/C=C\C/C=C\C/C=C\C/C=C\CC(=O)OC(COC(=O)CCCCCC/C=C\C/C=C\C/C=C\C/C=C\CC)COC1OC(C(=O)O)C(O)C(O)C1OC(=O)CCCCCCCCC/C=C\C/C=C\C/C=C\CC. The van der Waals surface area contributed by atoms with E-state index >= 15 is 0 Å². The molecule has 1 aliphatic rings. The number of carbonyl (C=O) groups excluding carboxylic acids is 3. The molecular formula is C67H102O12. The van der Waals surface area contributed by atoms with E-state index in [0.717, 1.165) is 141 Å². The smallest absolute Gasteiger partial charge is 0.335 e. The van der Waals surface area contributed by atoms with E-state index in [9.17, 15) is 34.5 Å². The Morgan fingerprint density at radius 1 is 0.430 bits per heavy atom. The van der Waals surface area contributed by atoms with E-state index in [-0.39, 0.29) is 25.9 Å². The molecule has 0 saturated carbocycles. The van der Waals surface area contributed by atoms with E-state index < -0.39 is 67.3 Å². The van der Waals surface area contributed by atoms with Crippen LogP contribution < -0.4 is 0 Å². The fraction of sp³-hybridized carbons (Fsp3) is 0.582. The first-order valence-corrected chi connectivity index (χ1v) is 29.8. The minimum absolute atomic E-state index is 0.0276. The lowest BCUT2D eigenvalue weighted by atomic mass is 9.98. The van der Waals surface area contributed by atoms with Gasteiger partial charge >= 0.3 is 23.9 Å². The Kier molecular flexibility index (Phi) is 48.3. The maximum atomic E-state index is 13.1. The molecule has 12 heteroatoms. The summed E-state index contributed by atoms with van der Waals surface area (Å²) in [4.78, 5) is 51.1. The van der Waals surface area contributed by atoms with Gasteiger partial charge in [-0.15, -0.1) is 0 Å². The Bertz CT molecular complexity index is 1930. The molecule has 442 valence electrons. The Morgan fingerprint density at radius 3 is 1.22 bits per heavy atom. The molecule has 0 aliphatic carbocycles. The molecule has 0 aromatic heterocycles. The van der Waals surface area contributed by atoms with E-state index in [0.29, 0.717) is 19.3 Å². The Morgan fingerprint density at radius 2 is 0.797 bits per heavy atom. The molecule has 12 nitrogen and oxygen atoms in total. The first-order chi connectivity index (χ1) is 38.6. The van der Waals surface area contributed by atoms with Crippen LogP contribution in [0.3, 0.4) is 0 Å². The van der Waals surface area contributed by atoms with Crippen LogP contribution in [0.5, 0.6) is 0 Å². The molecule has 1 fully saturated rings. The first kappa shape index (κ1) is 71.6. The van der Waals surface area contributed by atoms with Crippen LogP contribution in [0.4, 0.5) is 0 Å². The van der Waals surface area contributed by atoms with E-state index in [1.165, 1.54) is 0 Å². The highest BCUT2D eigenvalue weighted by atomic mass is 16.7. The van der Waals surface area contributed by atoms with Gasteiger partial charge in [0.25, 0.3) is 0 Å². The van der Waals surface area contributed by atoms with E-state index in [1.54, 1.807) is 6.08 Å². The number of unbranched alkanes of at least 4 members (excludes halogenated alkanes) is 11. The number of esters is 3. The zero-order chi connectivity index (χ0) is 57.5. The minimum Gasteiger partial charge on any atom is -0.479 e. The molecule has 1 heterocycles. The summed E-state index contributed by atoms with van der Waals surface area (Å²) < 4.78 is 28.3. The molecule has 1 aliphatic heterocycles. The first-order valence-electron chi connectivity index (χ1n) is 29.8. The van der Waals surface area contributed by atoms with Crippen molar-refractivity contribution in [1.29, 1.82) is 0 Å². The van der Waals surface area contributed by atoms with Crippen LogP contribution in [0.2, 0.25) is 0 Å². The second kappa shape index (κ2) is 53.3. The topological polar surface area (TPSA) is 175 Å². The lowest BCUT2D eigenvalue weighted by molar-refractivity contribution is -0.301. The van der Waals surface area contributed by atoms with Gasteiger partial charge in [0.15, 0.2) is 24.6 Å². The van der Waals surface area contributed by atoms with E-state index in [1.807, 2.05) is 18.2 Å². The summed E-state index contributed by atoms with van der Waals surface area (Å²) in [5, 5.41) is 31.5. The monoisotopic (exact) mass is 1100 g/mol. The van der Waals surface area contributed by atoms with Crippen molar-refractivity contribution in [1.82, 2.24) is 0 Å². The van der Waals surface area contributed by atoms with Crippen molar-refractivity contribution in [3.63, 3.8) is 0 Å². The zero-order valence-corrected chi connectivity index (χ0v) is 48.5. The molecule has 79 heavy (non-hydrogen) atoms. The second-order valence-corrected chi connectivity index (χ2v) is 19.5. The molecule has 0 radical (unpaired) electrons. The van der Waals surface area contributed by atoms with Crippen LogP contribution in [0, 0.1) is 0 Å². The third-order valence-electron chi connectivity index (χ3n) is 12.4. The van der Waals surface area contributed by atoms with Crippen LogP contribution in [0.15, 0.2) is 146 Å². The number of aliphatic carboxylic acids is 1. The molecule has 3 N–H and O–H groups in total. The predicted octanol–water partition coefficient (Wildman–Crippen LogP) is 15.6. The number of carboxylic acid groups (broad SMARTS) is 1. The lowest BCUT2D eigenvalue weighted by Gasteiger charge is -2.40. The third kappa shape index (κ3) is 43.1. The number of aliphatic hydroxyl groups is 2. The quantitative estimate of drug-likeness (QED) is 0.0228. The second-order valence-electron chi connectivity index (χ2n) is 19.5. The number of aliphatic hydroxyl groups excluding tert-OH is 2. The van der Waals surface area contributed by atoms with Gasteiger partial charge in [-0.05, 0) is 116 Å². The van der Waals surface area contributed by atoms with Gasteiger partial charge in [0.2, 0.25) is 0 Å². The van der Waals surface area contributed by atoms with Gasteiger partial charge in [-0.2, -0.15) is 0 Å². The number of carbonyl (C=O) groups is 4. The van der Waals surface area contributed by atoms with Gasteiger partial charge in [0, 0.05) is 12.8 Å². The highest BCUT2D eigenvalue weighted by Gasteiger charge is 2.50. The maximum Gasteiger partial charge on any atom is 0.335 e. The van der Waals surface area contributed by atoms with Crippen molar-refractivity contribution < 1.29 is 58.2 Å². The van der Waals surface area contributed by atoms with Gasteiger partial charge in [-0.3, -0.25) is 14.4 Å². The number of carboxylic acids is 1. The van der Waals surface area contributed by atoms with Gasteiger partial charge in [0.1, 0.15) is 18.8 Å². The predicted molar refractivity (Wildman–Crippen MR) is 321 cm³/mol. The number of hydrogen-bond donors (Lipinski definition) is 3. The molecule has 0 amide bonds. The number of rotatable bonds is 48. The number of allylic oxidation sites excluding steroid dienone is 23. The van der Waals surface area contributed by atoms with Crippen LogP contribution in [0.1, 0.15) is 201 Å². The molecule has 0 spiro atoms. The van der Waals surface area contributed by atoms with Gasteiger partial charge in [-0.1, -0.05) is 212 Å². The van der Waals surface area contributed by atoms with Gasteiger partial charge < -0.3 is 39.0 Å². The van der Waals surface area contributed by atoms with E-state index in [2.05, 4.69) is 142 Å². The number of hydrogen-bond acceptors (Lipinski definition) is 11. The average molecular weight is 1100 g/mol. The molecule has 1 saturated heterocycles. The van der Waals surface area contributed by atoms with Crippen molar-refractivity contribution >= 4 is 23.9 Å². The summed E-state index contributed by atoms with van der Waals surface area (Å²) >= 11 is 0. The zero-order valence-electron chi connectivity index (χ0n) is 48.5. The van der Waals surface area contributed by atoms with Crippen LogP contribution >= 0.6 is 0 Å². The molecule has 6 atom stereocenters. The largest absolute Gasteiger partial charge is 0.479 e. The summed E-state index contributed by atoms with van der Waals surface area (Å²) in [6.45, 7) is 5.53. The van der Waals surface area contributed by atoms with Crippen LogP contribution in [0.25, 0.3) is 0 Å². The molecule has 0 bridgehead atoms. The fourth-order valence-corrected chi connectivity index (χ4v) is 7.98. The summed E-state index contributed by atoms with van der Waals surface area (Å²) in [6.07, 6.45) is 64.1. The summed E-state index contributed by atoms with van der Waals surface area (Å²) in [5.74, 6) is -3.36. The van der Waals surface area contributed by atoms with Crippen molar-refractivity contribution in [2.75, 3.05) is 13.2 Å². The standard InChI is InChI=1S/C67H102O12/c1-4-7-10-13-16-19-22-25-28-30-33-35-38-41-44-47-50-53-59(68)75-56-58(77-60(69)54-51-48-45-42-39-36-32-27-24-21-18-15-12-9-6-3)57-76-67-65(63(72)62(71)64(79-67)66(73)74)78-61(70)55-52-49-46-43-40-37-34-31-29-26-23-20-17-14-11-8-5-2/h7-12,16-21,25-29,32-33,35,39,42,48,51,58,62-65,67,71-72H,4-6,13-15,22-24,30-31,34,36-38,40-41,43-47,49-50,52-57H2,1-3H3,(H,73,74)/b10-7-,11-8-,12-9-,19-16-,20-17-,21-18-,28-25-,29-26-,32-27-,35-33-,42-39-,51-48-. The number of ether oxygens (including phenoxy) is 5. The molecule has 6 unspecified atom stereocenters. The van der Waals surface area contributed by atoms with Crippen LogP contribution in [-0.2, 0) is 42.9 Å². The highest BCUT2D eigenvalue weighted by molar-refractivity contribution is 5.74. The lowest BCUT2D eigenvalue weighted by Crippen LogP contribution is -2.61. The van der Waals surface area contributed by atoms with Crippen LogP contribution in [-0.4, -0.2) is 89.2 Å². The maximum absolute atomic E-state index is 13.1. The van der Waals surface area contributed by atoms with Gasteiger partial charge in [0.05, 0.1) is 13.0 Å². The summed E-state index contributed by atoms with van der Waals surface area (Å²) in [6, 6.07) is 0. The average Bonchev–Trinajstić information content (AvgIpc) is 3.46. The van der Waals surface area contributed by atoms with E-state index in [4.69, 9.17) is 23.7 Å². The normalized spacial score (nSPS) is 18.9. The van der Waals surface area contributed by atoms with Gasteiger partial charge in [-0.25, -0.2) is 4.79 Å². The van der Waals surface area contributed by atoms with Crippen molar-refractivity contribution in [2.24, 2.45) is 0 Å². The minimum atomic E-state index is -1.93. The Hall–Kier alpha value is -5.40. The molecule has 0 aromatic rings. The van der Waals surface area contributed by atoms with Crippen molar-refractivity contribution in [3.8, 4) is 0 Å². The Balaban J connectivity index is 2.77. The van der Waals surface area contributed by atoms with Crippen molar-refractivity contribution in [3.05, 3.63) is 146 Å². The highest BCUT2D eigenvalue weighted by Crippen LogP contribution is 2.26. The Labute approximate surface area is 476 Å². The fourth-order valence-electron chi connectivity index (χ4n) is 7.98. The third-order valence-corrected chi connectivity index (χ3v) is 12.4. The molecule has 1 rings (SSSR count). The summed E-state index contributed by atoms with van der Waals surface area (Å²) in [7, 11) is 0. The van der Waals surface area contributed by atoms with Crippen molar-refractivity contribution in [2.45, 2.75) is 237 Å². The summed E-state index contributed by atoms with van der Waals surface area (Å²) in [5.41, 5.74) is 0. The molecular weight excluding hydrogens is 997 g/mol. The molecule has 0 aromatic carbocycles.